The fraction of sp³-hybridized carbons (Fsp3) is 0.688. The predicted molar refractivity (Wildman–Crippen MR) is 83.7 cm³/mol. The molecule has 0 aromatic carbocycles. The van der Waals surface area contributed by atoms with Gasteiger partial charge < -0.3 is 28.4 Å². The highest BCUT2D eigenvalue weighted by molar-refractivity contribution is 5.69. The summed E-state index contributed by atoms with van der Waals surface area (Å²) in [6.45, 7) is 5.13. The zero-order chi connectivity index (χ0) is 20.7. The lowest BCUT2D eigenvalue weighted by molar-refractivity contribution is -0.300. The van der Waals surface area contributed by atoms with Crippen LogP contribution in [0, 0.1) is 0 Å². The Bertz CT molecular complexity index is 599. The fourth-order valence-electron chi connectivity index (χ4n) is 2.45. The van der Waals surface area contributed by atoms with Crippen LogP contribution in [0.4, 0.5) is 0 Å². The highest BCUT2D eigenvalue weighted by Crippen LogP contribution is 2.29. The van der Waals surface area contributed by atoms with E-state index >= 15 is 0 Å². The number of carbonyl (C=O) groups is 5. The normalized spacial score (nSPS) is 27.1. The average molecular weight is 390 g/mol. The van der Waals surface area contributed by atoms with E-state index in [1.54, 1.807) is 0 Å². The topological polar surface area (TPSA) is 141 Å². The maximum atomic E-state index is 11.5. The predicted octanol–water partition coefficient (Wildman–Crippen LogP) is -0.367. The number of hydrogen-bond donors (Lipinski definition) is 0. The Morgan fingerprint density at radius 1 is 0.630 bits per heavy atom. The smallest absolute Gasteiger partial charge is 0.305 e. The van der Waals surface area contributed by atoms with Crippen molar-refractivity contribution in [2.45, 2.75) is 65.3 Å². The molecule has 0 bridgehead atoms. The third-order valence-corrected chi connectivity index (χ3v) is 3.23. The van der Waals surface area contributed by atoms with Crippen molar-refractivity contribution in [3.63, 3.8) is 0 Å². The zero-order valence-corrected chi connectivity index (χ0v) is 15.6. The van der Waals surface area contributed by atoms with Gasteiger partial charge in [0.05, 0.1) is 0 Å². The molecule has 1 rings (SSSR count). The molecule has 11 nitrogen and oxygen atoms in total. The SMILES string of the molecule is CC(=O)OCC1OC(OC(C)=O)C(OC(C)=O)C(OC(C)=O)[C@@H]1OC(C)=O. The summed E-state index contributed by atoms with van der Waals surface area (Å²) in [6.07, 6.45) is -6.70. The molecular formula is C16H22O11. The largest absolute Gasteiger partial charge is 0.463 e. The van der Waals surface area contributed by atoms with Gasteiger partial charge in [-0.3, -0.25) is 24.0 Å². The van der Waals surface area contributed by atoms with E-state index in [2.05, 4.69) is 0 Å². The molecule has 152 valence electrons. The van der Waals surface area contributed by atoms with Crippen molar-refractivity contribution in [3.05, 3.63) is 0 Å². The van der Waals surface area contributed by atoms with Crippen LogP contribution in [0.5, 0.6) is 0 Å². The third-order valence-electron chi connectivity index (χ3n) is 3.23. The van der Waals surface area contributed by atoms with Gasteiger partial charge in [-0.2, -0.15) is 0 Å². The number of rotatable bonds is 6. The maximum Gasteiger partial charge on any atom is 0.305 e. The Labute approximate surface area is 155 Å². The van der Waals surface area contributed by atoms with Crippen molar-refractivity contribution in [1.82, 2.24) is 0 Å². The second-order valence-corrected chi connectivity index (χ2v) is 5.68. The van der Waals surface area contributed by atoms with Gasteiger partial charge in [-0.15, -0.1) is 0 Å². The molecule has 5 atom stereocenters. The zero-order valence-electron chi connectivity index (χ0n) is 15.6. The minimum absolute atomic E-state index is 0.393. The molecule has 11 heteroatoms. The monoisotopic (exact) mass is 390 g/mol. The first kappa shape index (κ1) is 22.4. The Morgan fingerprint density at radius 2 is 1.07 bits per heavy atom. The Morgan fingerprint density at radius 3 is 1.52 bits per heavy atom. The summed E-state index contributed by atoms with van der Waals surface area (Å²) in [5.74, 6) is -3.71. The molecule has 0 N–H and O–H groups in total. The molecule has 0 spiro atoms. The van der Waals surface area contributed by atoms with Crippen LogP contribution in [-0.2, 0) is 52.4 Å². The summed E-state index contributed by atoms with van der Waals surface area (Å²) in [5.41, 5.74) is 0. The van der Waals surface area contributed by atoms with E-state index in [1.807, 2.05) is 0 Å². The van der Waals surface area contributed by atoms with Gasteiger partial charge in [0.15, 0.2) is 12.2 Å². The number of hydrogen-bond acceptors (Lipinski definition) is 11. The quantitative estimate of drug-likeness (QED) is 0.433. The van der Waals surface area contributed by atoms with Gasteiger partial charge in [-0.1, -0.05) is 0 Å². The van der Waals surface area contributed by atoms with Gasteiger partial charge in [-0.25, -0.2) is 0 Å². The lowest BCUT2D eigenvalue weighted by Gasteiger charge is -2.43. The Kier molecular flexibility index (Phi) is 8.16. The molecule has 1 saturated heterocycles. The molecule has 0 amide bonds. The van der Waals surface area contributed by atoms with Gasteiger partial charge in [0.1, 0.15) is 12.7 Å². The van der Waals surface area contributed by atoms with Crippen LogP contribution in [0.25, 0.3) is 0 Å². The molecule has 0 saturated carbocycles. The first-order valence-electron chi connectivity index (χ1n) is 7.99. The minimum atomic E-state index is -1.48. The van der Waals surface area contributed by atoms with Gasteiger partial charge in [0, 0.05) is 34.6 Å². The minimum Gasteiger partial charge on any atom is -0.463 e. The van der Waals surface area contributed by atoms with Crippen LogP contribution in [0.2, 0.25) is 0 Å². The number of esters is 5. The molecule has 27 heavy (non-hydrogen) atoms. The van der Waals surface area contributed by atoms with E-state index < -0.39 is 67.2 Å². The third kappa shape index (κ3) is 7.21. The molecule has 0 aromatic rings. The van der Waals surface area contributed by atoms with Gasteiger partial charge in [0.25, 0.3) is 0 Å². The average Bonchev–Trinajstić information content (AvgIpc) is 2.49. The van der Waals surface area contributed by atoms with E-state index in [4.69, 9.17) is 28.4 Å². The van der Waals surface area contributed by atoms with Gasteiger partial charge in [0.2, 0.25) is 12.4 Å². The molecule has 0 radical (unpaired) electrons. The van der Waals surface area contributed by atoms with Gasteiger partial charge >= 0.3 is 29.8 Å². The summed E-state index contributed by atoms with van der Waals surface area (Å²) in [6, 6.07) is 0. The molecule has 1 aliphatic heterocycles. The fourth-order valence-corrected chi connectivity index (χ4v) is 2.45. The number of carbonyl (C=O) groups excluding carboxylic acids is 5. The summed E-state index contributed by atoms with van der Waals surface area (Å²) >= 11 is 0. The van der Waals surface area contributed by atoms with E-state index in [0.29, 0.717) is 0 Å². The first-order valence-corrected chi connectivity index (χ1v) is 7.99. The van der Waals surface area contributed by atoms with Crippen molar-refractivity contribution in [2.75, 3.05) is 6.61 Å². The number of ether oxygens (including phenoxy) is 6. The standard InChI is InChI=1S/C16H22O11/c1-7(17)22-6-12-13(23-8(2)18)14(24-9(3)19)15(25-10(4)20)16(27-12)26-11(5)21/h12-16H,6H2,1-5H3/t12?,13-,14?,15?,16?/m1/s1. The van der Waals surface area contributed by atoms with E-state index in [1.165, 1.54) is 0 Å². The van der Waals surface area contributed by atoms with Crippen LogP contribution < -0.4 is 0 Å². The lowest BCUT2D eigenvalue weighted by atomic mass is 9.98. The van der Waals surface area contributed by atoms with Crippen molar-refractivity contribution in [3.8, 4) is 0 Å². The second kappa shape index (κ2) is 9.86. The van der Waals surface area contributed by atoms with Crippen LogP contribution in [0.15, 0.2) is 0 Å². The van der Waals surface area contributed by atoms with Crippen LogP contribution in [0.3, 0.4) is 0 Å². The summed E-state index contributed by atoms with van der Waals surface area (Å²) < 4.78 is 30.8. The molecule has 0 aromatic heterocycles. The molecule has 0 aliphatic carbocycles. The maximum absolute atomic E-state index is 11.5. The van der Waals surface area contributed by atoms with E-state index in [0.717, 1.165) is 34.6 Å². The van der Waals surface area contributed by atoms with Crippen molar-refractivity contribution in [1.29, 1.82) is 0 Å². The highest BCUT2D eigenvalue weighted by atomic mass is 16.7. The van der Waals surface area contributed by atoms with Crippen molar-refractivity contribution < 1.29 is 52.4 Å². The van der Waals surface area contributed by atoms with Crippen molar-refractivity contribution >= 4 is 29.8 Å². The van der Waals surface area contributed by atoms with Crippen LogP contribution in [-0.4, -0.2) is 67.2 Å². The summed E-state index contributed by atoms with van der Waals surface area (Å²) in [5, 5.41) is 0. The Hall–Kier alpha value is -2.69. The molecule has 1 heterocycles. The van der Waals surface area contributed by atoms with E-state index in [-0.39, 0.29) is 0 Å². The first-order chi connectivity index (χ1) is 12.5. The summed E-state index contributed by atoms with van der Waals surface area (Å²) in [7, 11) is 0. The molecule has 1 aliphatic rings. The van der Waals surface area contributed by atoms with Crippen LogP contribution >= 0.6 is 0 Å². The summed E-state index contributed by atoms with van der Waals surface area (Å²) in [4.78, 5) is 57.0. The van der Waals surface area contributed by atoms with E-state index in [9.17, 15) is 24.0 Å². The van der Waals surface area contributed by atoms with Gasteiger partial charge in [-0.05, 0) is 0 Å². The second-order valence-electron chi connectivity index (χ2n) is 5.68. The molecule has 4 unspecified atom stereocenters. The van der Waals surface area contributed by atoms with Crippen molar-refractivity contribution in [2.24, 2.45) is 0 Å². The Balaban J connectivity index is 3.29. The molecular weight excluding hydrogens is 368 g/mol. The van der Waals surface area contributed by atoms with Crippen LogP contribution in [0.1, 0.15) is 34.6 Å². The highest BCUT2D eigenvalue weighted by Gasteiger charge is 2.53. The lowest BCUT2D eigenvalue weighted by Crippen LogP contribution is -2.63. The molecule has 1 fully saturated rings.